The van der Waals surface area contributed by atoms with E-state index in [0.717, 1.165) is 5.56 Å². The number of anilines is 1. The van der Waals surface area contributed by atoms with Gasteiger partial charge in [-0.3, -0.25) is 10.3 Å². The van der Waals surface area contributed by atoms with E-state index in [4.69, 9.17) is 11.6 Å². The van der Waals surface area contributed by atoms with Gasteiger partial charge in [0.05, 0.1) is 16.2 Å². The molecule has 0 saturated carbocycles. The summed E-state index contributed by atoms with van der Waals surface area (Å²) in [5.74, 6) is 0. The van der Waals surface area contributed by atoms with Gasteiger partial charge in [-0.2, -0.15) is 13.2 Å². The standard InChI is InChI=1S/C13H10ClF3N2O2/c1-7-5-9(14)11(8-3-2-4-18-10(7)8)19-12(20)21-6-13(15,16)17/h2-5H,6H2,1H3,(H,19,20). The molecular formula is C13H10ClF3N2O2. The molecule has 0 saturated heterocycles. The Bertz CT molecular complexity index is 689. The topological polar surface area (TPSA) is 51.2 Å². The van der Waals surface area contributed by atoms with Crippen molar-refractivity contribution in [3.8, 4) is 0 Å². The number of hydrogen-bond acceptors (Lipinski definition) is 3. The van der Waals surface area contributed by atoms with Crippen molar-refractivity contribution >= 4 is 34.3 Å². The van der Waals surface area contributed by atoms with Crippen LogP contribution in [0.2, 0.25) is 5.02 Å². The molecule has 0 atom stereocenters. The van der Waals surface area contributed by atoms with Gasteiger partial charge in [-0.15, -0.1) is 0 Å². The van der Waals surface area contributed by atoms with Crippen molar-refractivity contribution in [1.29, 1.82) is 0 Å². The Kier molecular flexibility index (Phi) is 4.22. The summed E-state index contributed by atoms with van der Waals surface area (Å²) in [7, 11) is 0. The Balaban J connectivity index is 2.28. The van der Waals surface area contributed by atoms with Crippen LogP contribution in [0.15, 0.2) is 24.4 Å². The van der Waals surface area contributed by atoms with Gasteiger partial charge < -0.3 is 4.74 Å². The fourth-order valence-corrected chi connectivity index (χ4v) is 2.11. The highest BCUT2D eigenvalue weighted by molar-refractivity contribution is 6.35. The lowest BCUT2D eigenvalue weighted by Crippen LogP contribution is -2.23. The highest BCUT2D eigenvalue weighted by Crippen LogP contribution is 2.32. The first-order valence-electron chi connectivity index (χ1n) is 5.82. The molecule has 1 heterocycles. The molecule has 0 aliphatic heterocycles. The Labute approximate surface area is 122 Å². The molecule has 2 aromatic rings. The first-order chi connectivity index (χ1) is 9.78. The van der Waals surface area contributed by atoms with Crippen LogP contribution >= 0.6 is 11.6 Å². The van der Waals surface area contributed by atoms with E-state index in [0.29, 0.717) is 10.9 Å². The number of rotatable bonds is 2. The van der Waals surface area contributed by atoms with Gasteiger partial charge >= 0.3 is 12.3 Å². The molecule has 0 aliphatic rings. The Hall–Kier alpha value is -2.02. The second-order valence-electron chi connectivity index (χ2n) is 4.27. The van der Waals surface area contributed by atoms with E-state index in [1.807, 2.05) is 0 Å². The first kappa shape index (κ1) is 15.4. The van der Waals surface area contributed by atoms with Crippen LogP contribution in [0, 0.1) is 6.92 Å². The number of ether oxygens (including phenoxy) is 1. The largest absolute Gasteiger partial charge is 0.440 e. The summed E-state index contributed by atoms with van der Waals surface area (Å²) in [6.45, 7) is 0.117. The molecule has 0 unspecified atom stereocenters. The van der Waals surface area contributed by atoms with Gasteiger partial charge in [0.25, 0.3) is 0 Å². The van der Waals surface area contributed by atoms with E-state index in [-0.39, 0.29) is 10.7 Å². The van der Waals surface area contributed by atoms with Gasteiger partial charge in [-0.05, 0) is 30.7 Å². The average molecular weight is 319 g/mol. The molecule has 1 N–H and O–H groups in total. The zero-order chi connectivity index (χ0) is 15.6. The number of pyridine rings is 1. The summed E-state index contributed by atoms with van der Waals surface area (Å²) in [5.41, 5.74) is 1.54. The molecule has 0 radical (unpaired) electrons. The van der Waals surface area contributed by atoms with E-state index in [1.54, 1.807) is 31.3 Å². The summed E-state index contributed by atoms with van der Waals surface area (Å²) in [5, 5.41) is 2.93. The molecule has 8 heteroatoms. The maximum Gasteiger partial charge on any atom is 0.422 e. The third kappa shape index (κ3) is 3.75. The van der Waals surface area contributed by atoms with Gasteiger partial charge in [0, 0.05) is 11.6 Å². The summed E-state index contributed by atoms with van der Waals surface area (Å²) in [4.78, 5) is 15.6. The molecule has 1 amide bonds. The predicted molar refractivity (Wildman–Crippen MR) is 72.5 cm³/mol. The molecular weight excluding hydrogens is 309 g/mol. The molecule has 1 aromatic carbocycles. The second kappa shape index (κ2) is 5.77. The SMILES string of the molecule is Cc1cc(Cl)c(NC(=O)OCC(F)(F)F)c2cccnc12. The van der Waals surface area contributed by atoms with Gasteiger partial charge in [-0.25, -0.2) is 4.79 Å². The minimum atomic E-state index is -4.59. The number of fused-ring (bicyclic) bond motifs is 1. The quantitative estimate of drug-likeness (QED) is 0.897. The number of benzene rings is 1. The molecule has 0 bridgehead atoms. The number of amides is 1. The summed E-state index contributed by atoms with van der Waals surface area (Å²) in [6, 6.07) is 4.85. The highest BCUT2D eigenvalue weighted by atomic mass is 35.5. The minimum absolute atomic E-state index is 0.164. The number of nitrogens with one attached hydrogen (secondary N) is 1. The number of alkyl halides is 3. The summed E-state index contributed by atoms with van der Waals surface area (Å²) >= 11 is 6.02. The van der Waals surface area contributed by atoms with Crippen LogP contribution in [0.4, 0.5) is 23.7 Å². The van der Waals surface area contributed by atoms with E-state index < -0.39 is 18.9 Å². The molecule has 0 spiro atoms. The van der Waals surface area contributed by atoms with Crippen LogP contribution in [-0.4, -0.2) is 23.9 Å². The molecule has 112 valence electrons. The van der Waals surface area contributed by atoms with E-state index >= 15 is 0 Å². The molecule has 2 rings (SSSR count). The van der Waals surface area contributed by atoms with Crippen molar-refractivity contribution in [1.82, 2.24) is 4.98 Å². The second-order valence-corrected chi connectivity index (χ2v) is 4.67. The lowest BCUT2D eigenvalue weighted by atomic mass is 10.1. The zero-order valence-electron chi connectivity index (χ0n) is 10.8. The number of carbonyl (C=O) groups is 1. The lowest BCUT2D eigenvalue weighted by Gasteiger charge is -2.13. The molecule has 0 fully saturated rings. The van der Waals surface area contributed by atoms with Crippen LogP contribution in [-0.2, 0) is 4.74 Å². The van der Waals surface area contributed by atoms with Gasteiger partial charge in [0.15, 0.2) is 6.61 Å². The third-order valence-corrected chi connectivity index (χ3v) is 2.92. The van der Waals surface area contributed by atoms with Crippen molar-refractivity contribution in [3.05, 3.63) is 35.0 Å². The predicted octanol–water partition coefficient (Wildman–Crippen LogP) is 4.31. The van der Waals surface area contributed by atoms with Gasteiger partial charge in [0.1, 0.15) is 0 Å². The molecule has 4 nitrogen and oxygen atoms in total. The molecule has 1 aromatic heterocycles. The van der Waals surface area contributed by atoms with Crippen LogP contribution in [0.3, 0.4) is 0 Å². The maximum atomic E-state index is 12.0. The first-order valence-corrected chi connectivity index (χ1v) is 6.20. The third-order valence-electron chi connectivity index (χ3n) is 2.63. The monoisotopic (exact) mass is 318 g/mol. The van der Waals surface area contributed by atoms with Crippen molar-refractivity contribution in [2.45, 2.75) is 13.1 Å². The number of aromatic nitrogens is 1. The van der Waals surface area contributed by atoms with Crippen LogP contribution in [0.25, 0.3) is 10.9 Å². The fourth-order valence-electron chi connectivity index (χ4n) is 1.79. The van der Waals surface area contributed by atoms with Crippen LogP contribution < -0.4 is 5.32 Å². The number of hydrogen-bond donors (Lipinski definition) is 1. The van der Waals surface area contributed by atoms with Gasteiger partial charge in [0.2, 0.25) is 0 Å². The molecule has 21 heavy (non-hydrogen) atoms. The maximum absolute atomic E-state index is 12.0. The summed E-state index contributed by atoms with van der Waals surface area (Å²) < 4.78 is 40.1. The Morgan fingerprint density at radius 3 is 2.86 bits per heavy atom. The van der Waals surface area contributed by atoms with E-state index in [2.05, 4.69) is 15.0 Å². The number of nitrogens with zero attached hydrogens (tertiary/aromatic N) is 1. The van der Waals surface area contributed by atoms with Crippen molar-refractivity contribution in [2.75, 3.05) is 11.9 Å². The average Bonchev–Trinajstić information content (AvgIpc) is 2.40. The zero-order valence-corrected chi connectivity index (χ0v) is 11.5. The van der Waals surface area contributed by atoms with Crippen molar-refractivity contribution in [3.63, 3.8) is 0 Å². The van der Waals surface area contributed by atoms with Crippen LogP contribution in [0.5, 0.6) is 0 Å². The Morgan fingerprint density at radius 1 is 1.48 bits per heavy atom. The van der Waals surface area contributed by atoms with Gasteiger partial charge in [-0.1, -0.05) is 11.6 Å². The van der Waals surface area contributed by atoms with E-state index in [9.17, 15) is 18.0 Å². The van der Waals surface area contributed by atoms with Crippen molar-refractivity contribution in [2.24, 2.45) is 0 Å². The summed E-state index contributed by atoms with van der Waals surface area (Å²) in [6.07, 6.45) is -4.25. The fraction of sp³-hybridized carbons (Fsp3) is 0.231. The van der Waals surface area contributed by atoms with Crippen molar-refractivity contribution < 1.29 is 22.7 Å². The minimum Gasteiger partial charge on any atom is -0.440 e. The normalized spacial score (nSPS) is 11.5. The lowest BCUT2D eigenvalue weighted by molar-refractivity contribution is -0.159. The number of aryl methyl sites for hydroxylation is 1. The smallest absolute Gasteiger partial charge is 0.422 e. The van der Waals surface area contributed by atoms with E-state index in [1.165, 1.54) is 0 Å². The number of carbonyl (C=O) groups excluding carboxylic acids is 1. The molecule has 0 aliphatic carbocycles. The Morgan fingerprint density at radius 2 is 2.19 bits per heavy atom. The number of halogens is 4. The van der Waals surface area contributed by atoms with Crippen LogP contribution in [0.1, 0.15) is 5.56 Å². The highest BCUT2D eigenvalue weighted by Gasteiger charge is 2.29.